The van der Waals surface area contributed by atoms with Crippen LogP contribution in [0.25, 0.3) is 10.8 Å². The lowest BCUT2D eigenvalue weighted by Gasteiger charge is -2.09. The fourth-order valence-corrected chi connectivity index (χ4v) is 1.90. The molecule has 1 amide bonds. The number of aromatic carboxylic acids is 1. The van der Waals surface area contributed by atoms with E-state index < -0.39 is 11.9 Å². The topological polar surface area (TPSA) is 75.6 Å². The van der Waals surface area contributed by atoms with Gasteiger partial charge in [-0.1, -0.05) is 24.3 Å². The van der Waals surface area contributed by atoms with Gasteiger partial charge in [-0.2, -0.15) is 0 Å². The highest BCUT2D eigenvalue weighted by molar-refractivity contribution is 6.14. The summed E-state index contributed by atoms with van der Waals surface area (Å²) in [6.07, 6.45) is 0. The van der Waals surface area contributed by atoms with Crippen LogP contribution in [0.1, 0.15) is 27.6 Å². The van der Waals surface area contributed by atoms with Crippen LogP contribution < -0.4 is 5.48 Å². The van der Waals surface area contributed by atoms with Gasteiger partial charge < -0.3 is 5.11 Å². The average molecular weight is 259 g/mol. The average Bonchev–Trinajstić information content (AvgIpc) is 2.43. The number of amides is 1. The molecule has 0 radical (unpaired) electrons. The Morgan fingerprint density at radius 2 is 1.79 bits per heavy atom. The van der Waals surface area contributed by atoms with Crippen LogP contribution in [0.2, 0.25) is 0 Å². The molecule has 0 atom stereocenters. The summed E-state index contributed by atoms with van der Waals surface area (Å²) < 4.78 is 0. The van der Waals surface area contributed by atoms with Gasteiger partial charge in [-0.25, -0.2) is 10.3 Å². The van der Waals surface area contributed by atoms with Crippen molar-refractivity contribution in [1.82, 2.24) is 5.48 Å². The molecule has 0 heterocycles. The molecule has 2 aromatic carbocycles. The molecule has 0 aromatic heterocycles. The predicted octanol–water partition coefficient (Wildman–Crippen LogP) is 2.22. The first-order valence-electron chi connectivity index (χ1n) is 5.82. The van der Waals surface area contributed by atoms with Crippen molar-refractivity contribution in [3.63, 3.8) is 0 Å². The van der Waals surface area contributed by atoms with Gasteiger partial charge in [0.1, 0.15) is 0 Å². The summed E-state index contributed by atoms with van der Waals surface area (Å²) in [7, 11) is 0. The van der Waals surface area contributed by atoms with Gasteiger partial charge in [-0.3, -0.25) is 9.63 Å². The number of benzene rings is 2. The highest BCUT2D eigenvalue weighted by atomic mass is 16.6. The normalized spacial score (nSPS) is 10.4. The molecule has 0 aliphatic rings. The van der Waals surface area contributed by atoms with Crippen molar-refractivity contribution in [2.75, 3.05) is 6.61 Å². The Morgan fingerprint density at radius 3 is 2.37 bits per heavy atom. The second kappa shape index (κ2) is 5.49. The SMILES string of the molecule is CCONC(=O)c1cccc2cccc(C(=O)O)c12. The molecule has 5 heteroatoms. The van der Waals surface area contributed by atoms with Crippen molar-refractivity contribution < 1.29 is 19.5 Å². The van der Waals surface area contributed by atoms with E-state index in [0.29, 0.717) is 17.4 Å². The summed E-state index contributed by atoms with van der Waals surface area (Å²) in [6, 6.07) is 9.93. The van der Waals surface area contributed by atoms with Gasteiger partial charge in [0, 0.05) is 5.39 Å². The van der Waals surface area contributed by atoms with Gasteiger partial charge >= 0.3 is 5.97 Å². The van der Waals surface area contributed by atoms with Crippen molar-refractivity contribution in [2.24, 2.45) is 0 Å². The van der Waals surface area contributed by atoms with Gasteiger partial charge in [0.25, 0.3) is 5.91 Å². The van der Waals surface area contributed by atoms with Gasteiger partial charge in [-0.05, 0) is 24.4 Å². The van der Waals surface area contributed by atoms with Crippen LogP contribution in [-0.2, 0) is 4.84 Å². The van der Waals surface area contributed by atoms with E-state index in [0.717, 1.165) is 0 Å². The summed E-state index contributed by atoms with van der Waals surface area (Å²) in [5.74, 6) is -1.52. The number of hydroxylamine groups is 1. The van der Waals surface area contributed by atoms with E-state index in [1.165, 1.54) is 6.07 Å². The van der Waals surface area contributed by atoms with E-state index in [1.807, 2.05) is 0 Å². The van der Waals surface area contributed by atoms with Crippen LogP contribution in [0.3, 0.4) is 0 Å². The number of carbonyl (C=O) groups is 2. The Kier molecular flexibility index (Phi) is 3.77. The van der Waals surface area contributed by atoms with E-state index in [-0.39, 0.29) is 11.1 Å². The zero-order chi connectivity index (χ0) is 13.8. The van der Waals surface area contributed by atoms with Gasteiger partial charge in [0.05, 0.1) is 17.7 Å². The van der Waals surface area contributed by atoms with Crippen LogP contribution in [-0.4, -0.2) is 23.6 Å². The minimum absolute atomic E-state index is 0.0970. The Balaban J connectivity index is 2.60. The highest BCUT2D eigenvalue weighted by Crippen LogP contribution is 2.23. The summed E-state index contributed by atoms with van der Waals surface area (Å²) in [4.78, 5) is 28.1. The molecule has 0 saturated carbocycles. The molecule has 19 heavy (non-hydrogen) atoms. The van der Waals surface area contributed by atoms with E-state index in [4.69, 9.17) is 4.84 Å². The summed E-state index contributed by atoms with van der Waals surface area (Å²) in [5.41, 5.74) is 2.65. The quantitative estimate of drug-likeness (QED) is 0.825. The number of rotatable bonds is 4. The zero-order valence-corrected chi connectivity index (χ0v) is 10.3. The number of hydrogen-bond donors (Lipinski definition) is 2. The Labute approximate surface area is 109 Å². The first kappa shape index (κ1) is 13.0. The van der Waals surface area contributed by atoms with Crippen molar-refractivity contribution in [3.8, 4) is 0 Å². The van der Waals surface area contributed by atoms with Crippen LogP contribution in [0, 0.1) is 0 Å². The monoisotopic (exact) mass is 259 g/mol. The Hall–Kier alpha value is -2.40. The molecule has 0 aliphatic carbocycles. The van der Waals surface area contributed by atoms with Crippen LogP contribution >= 0.6 is 0 Å². The molecular formula is C14H13NO4. The van der Waals surface area contributed by atoms with Crippen LogP contribution in [0.5, 0.6) is 0 Å². The standard InChI is InChI=1S/C14H13NO4/c1-2-19-15-13(16)10-7-3-5-9-6-4-8-11(12(9)10)14(17)18/h3-8H,2H2,1H3,(H,15,16)(H,17,18). The summed E-state index contributed by atoms with van der Waals surface area (Å²) in [5, 5.41) is 10.3. The third-order valence-electron chi connectivity index (χ3n) is 2.69. The lowest BCUT2D eigenvalue weighted by molar-refractivity contribution is 0.0366. The summed E-state index contributed by atoms with van der Waals surface area (Å²) >= 11 is 0. The number of carboxylic acids is 1. The third-order valence-corrected chi connectivity index (χ3v) is 2.69. The minimum Gasteiger partial charge on any atom is -0.478 e. The van der Waals surface area contributed by atoms with Gasteiger partial charge in [-0.15, -0.1) is 0 Å². The second-order valence-corrected chi connectivity index (χ2v) is 3.88. The molecule has 0 fully saturated rings. The molecule has 0 aliphatic heterocycles. The third kappa shape index (κ3) is 2.56. The van der Waals surface area contributed by atoms with E-state index in [2.05, 4.69) is 5.48 Å². The van der Waals surface area contributed by atoms with Crippen molar-refractivity contribution in [2.45, 2.75) is 6.92 Å². The largest absolute Gasteiger partial charge is 0.478 e. The second-order valence-electron chi connectivity index (χ2n) is 3.88. The molecule has 0 saturated heterocycles. The maximum absolute atomic E-state index is 12.0. The fraction of sp³-hybridized carbons (Fsp3) is 0.143. The predicted molar refractivity (Wildman–Crippen MR) is 70.0 cm³/mol. The molecule has 0 bridgehead atoms. The van der Waals surface area contributed by atoms with E-state index >= 15 is 0 Å². The zero-order valence-electron chi connectivity index (χ0n) is 10.3. The Bertz CT molecular complexity index is 631. The molecular weight excluding hydrogens is 246 g/mol. The van der Waals surface area contributed by atoms with Gasteiger partial charge in [0.15, 0.2) is 0 Å². The van der Waals surface area contributed by atoms with Crippen molar-refractivity contribution in [3.05, 3.63) is 47.5 Å². The molecule has 5 nitrogen and oxygen atoms in total. The molecule has 0 unspecified atom stereocenters. The first-order chi connectivity index (χ1) is 9.15. The number of nitrogens with one attached hydrogen (secondary N) is 1. The fourth-order valence-electron chi connectivity index (χ4n) is 1.90. The molecule has 0 spiro atoms. The maximum Gasteiger partial charge on any atom is 0.336 e. The lowest BCUT2D eigenvalue weighted by atomic mass is 9.99. The smallest absolute Gasteiger partial charge is 0.336 e. The highest BCUT2D eigenvalue weighted by Gasteiger charge is 2.16. The summed E-state index contributed by atoms with van der Waals surface area (Å²) in [6.45, 7) is 2.08. The number of hydrogen-bond acceptors (Lipinski definition) is 3. The number of fused-ring (bicyclic) bond motifs is 1. The Morgan fingerprint density at radius 1 is 1.16 bits per heavy atom. The number of carboxylic acid groups (broad SMARTS) is 1. The maximum atomic E-state index is 12.0. The minimum atomic E-state index is -1.07. The van der Waals surface area contributed by atoms with Crippen LogP contribution in [0.15, 0.2) is 36.4 Å². The molecule has 2 aromatic rings. The first-order valence-corrected chi connectivity index (χ1v) is 5.82. The number of carbonyl (C=O) groups excluding carboxylic acids is 1. The van der Waals surface area contributed by atoms with Crippen molar-refractivity contribution in [1.29, 1.82) is 0 Å². The van der Waals surface area contributed by atoms with Crippen molar-refractivity contribution >= 4 is 22.6 Å². The van der Waals surface area contributed by atoms with Gasteiger partial charge in [0.2, 0.25) is 0 Å². The van der Waals surface area contributed by atoms with E-state index in [1.54, 1.807) is 37.3 Å². The molecule has 2 N–H and O–H groups in total. The molecule has 2 rings (SSSR count). The van der Waals surface area contributed by atoms with Crippen LogP contribution in [0.4, 0.5) is 0 Å². The molecule has 98 valence electrons. The van der Waals surface area contributed by atoms with E-state index in [9.17, 15) is 14.7 Å². The lowest BCUT2D eigenvalue weighted by Crippen LogP contribution is -2.24.